The highest BCUT2D eigenvalue weighted by Crippen LogP contribution is 2.14. The van der Waals surface area contributed by atoms with Crippen LogP contribution in [0.15, 0.2) is 30.3 Å². The molecule has 0 aliphatic carbocycles. The monoisotopic (exact) mass is 536 g/mol. The molecule has 2 N–H and O–H groups in total. The first kappa shape index (κ1) is 32.4. The van der Waals surface area contributed by atoms with Gasteiger partial charge < -0.3 is 29.5 Å². The first-order valence-corrected chi connectivity index (χ1v) is 12.6. The van der Waals surface area contributed by atoms with E-state index < -0.39 is 35.7 Å². The largest absolute Gasteiger partial charge is 0.481 e. The zero-order valence-electron chi connectivity index (χ0n) is 22.9. The van der Waals surface area contributed by atoms with Crippen molar-refractivity contribution in [3.63, 3.8) is 0 Å². The standard InChI is InChI=1S/C27H40N2O9/c1-19(25(34)38-27(3,4)5)11-12-22(30)28-15-16-29(17-20(2)37-24(33)14-13-23(31)32)26(35)36-18-21-9-7-6-8-10-21/h6-10,19-20H,11-18H2,1-5H3,(H,28,30)(H,31,32)/t19-,20?/m0/s1. The molecular weight excluding hydrogens is 496 g/mol. The van der Waals surface area contributed by atoms with Crippen molar-refractivity contribution in [2.75, 3.05) is 19.6 Å². The van der Waals surface area contributed by atoms with Crippen molar-refractivity contribution in [1.82, 2.24) is 10.2 Å². The Bertz CT molecular complexity index is 928. The summed E-state index contributed by atoms with van der Waals surface area (Å²) in [4.78, 5) is 61.0. The van der Waals surface area contributed by atoms with Crippen molar-refractivity contribution >= 4 is 29.9 Å². The van der Waals surface area contributed by atoms with E-state index in [9.17, 15) is 24.0 Å². The number of aliphatic carboxylic acids is 1. The SMILES string of the molecule is CC(CN(CCNC(=O)CC[C@H](C)C(=O)OC(C)(C)C)C(=O)OCc1ccccc1)OC(=O)CCC(=O)O. The third-order valence-electron chi connectivity index (χ3n) is 5.13. The number of ether oxygens (including phenoxy) is 3. The maximum absolute atomic E-state index is 12.8. The number of hydrogen-bond acceptors (Lipinski definition) is 8. The minimum Gasteiger partial charge on any atom is -0.481 e. The Morgan fingerprint density at radius 1 is 1.00 bits per heavy atom. The Hall–Kier alpha value is -3.63. The lowest BCUT2D eigenvalue weighted by atomic mass is 10.0. The molecular formula is C27H40N2O9. The lowest BCUT2D eigenvalue weighted by Gasteiger charge is -2.25. The molecule has 0 bridgehead atoms. The number of nitrogens with one attached hydrogen (secondary N) is 1. The Labute approximate surface area is 223 Å². The minimum absolute atomic E-state index is 0.0159. The van der Waals surface area contributed by atoms with E-state index in [1.165, 1.54) is 4.90 Å². The van der Waals surface area contributed by atoms with E-state index in [-0.39, 0.29) is 57.4 Å². The summed E-state index contributed by atoms with van der Waals surface area (Å²) in [7, 11) is 0. The summed E-state index contributed by atoms with van der Waals surface area (Å²) in [6, 6.07) is 9.10. The van der Waals surface area contributed by atoms with Gasteiger partial charge in [-0.1, -0.05) is 37.3 Å². The van der Waals surface area contributed by atoms with Crippen molar-refractivity contribution in [3.8, 4) is 0 Å². The Balaban J connectivity index is 2.61. The number of carbonyl (C=O) groups excluding carboxylic acids is 4. The predicted molar refractivity (Wildman–Crippen MR) is 138 cm³/mol. The predicted octanol–water partition coefficient (Wildman–Crippen LogP) is 3.30. The topological polar surface area (TPSA) is 149 Å². The van der Waals surface area contributed by atoms with E-state index in [1.807, 2.05) is 30.3 Å². The molecule has 0 fully saturated rings. The Morgan fingerprint density at radius 3 is 2.26 bits per heavy atom. The molecule has 2 amide bonds. The van der Waals surface area contributed by atoms with Gasteiger partial charge in [0, 0.05) is 19.5 Å². The van der Waals surface area contributed by atoms with Crippen LogP contribution in [0.3, 0.4) is 0 Å². The van der Waals surface area contributed by atoms with Gasteiger partial charge in [-0.3, -0.25) is 19.2 Å². The van der Waals surface area contributed by atoms with Crippen LogP contribution in [0.25, 0.3) is 0 Å². The van der Waals surface area contributed by atoms with Gasteiger partial charge in [0.25, 0.3) is 0 Å². The van der Waals surface area contributed by atoms with Gasteiger partial charge in [-0.15, -0.1) is 0 Å². The van der Waals surface area contributed by atoms with Gasteiger partial charge in [0.05, 0.1) is 25.3 Å². The molecule has 1 rings (SSSR count). The molecule has 1 unspecified atom stereocenters. The Kier molecular flexibility index (Phi) is 13.9. The van der Waals surface area contributed by atoms with Crippen LogP contribution in [-0.2, 0) is 40.0 Å². The fourth-order valence-electron chi connectivity index (χ4n) is 3.19. The summed E-state index contributed by atoms with van der Waals surface area (Å²) in [5, 5.41) is 11.4. The van der Waals surface area contributed by atoms with Gasteiger partial charge in [-0.2, -0.15) is 0 Å². The molecule has 1 aromatic rings. The summed E-state index contributed by atoms with van der Waals surface area (Å²) in [5.41, 5.74) is 0.190. The molecule has 0 aliphatic rings. The summed E-state index contributed by atoms with van der Waals surface area (Å²) in [6.45, 7) is 8.82. The van der Waals surface area contributed by atoms with Gasteiger partial charge in [0.15, 0.2) is 0 Å². The van der Waals surface area contributed by atoms with Gasteiger partial charge in [-0.25, -0.2) is 4.79 Å². The number of benzene rings is 1. The molecule has 0 spiro atoms. The summed E-state index contributed by atoms with van der Waals surface area (Å²) < 4.78 is 15.9. The van der Waals surface area contributed by atoms with E-state index in [0.717, 1.165) is 5.56 Å². The van der Waals surface area contributed by atoms with Crippen molar-refractivity contribution in [2.24, 2.45) is 5.92 Å². The average molecular weight is 537 g/mol. The molecule has 2 atom stereocenters. The van der Waals surface area contributed by atoms with Gasteiger partial charge >= 0.3 is 24.0 Å². The zero-order chi connectivity index (χ0) is 28.7. The van der Waals surface area contributed by atoms with Crippen LogP contribution in [0, 0.1) is 5.92 Å². The third kappa shape index (κ3) is 14.8. The molecule has 0 saturated heterocycles. The molecule has 0 saturated carbocycles. The van der Waals surface area contributed by atoms with E-state index in [2.05, 4.69) is 5.32 Å². The fourth-order valence-corrected chi connectivity index (χ4v) is 3.19. The summed E-state index contributed by atoms with van der Waals surface area (Å²) in [5.74, 6) is -2.90. The normalized spacial score (nSPS) is 12.6. The molecule has 0 aliphatic heterocycles. The van der Waals surface area contributed by atoms with Crippen LogP contribution in [0.2, 0.25) is 0 Å². The van der Waals surface area contributed by atoms with Crippen LogP contribution < -0.4 is 5.32 Å². The van der Waals surface area contributed by atoms with Crippen LogP contribution in [0.5, 0.6) is 0 Å². The molecule has 1 aromatic carbocycles. The number of carboxylic acids is 1. The highest BCUT2D eigenvalue weighted by atomic mass is 16.6. The first-order valence-electron chi connectivity index (χ1n) is 12.6. The molecule has 38 heavy (non-hydrogen) atoms. The second kappa shape index (κ2) is 16.3. The number of amides is 2. The maximum atomic E-state index is 12.8. The van der Waals surface area contributed by atoms with E-state index in [1.54, 1.807) is 34.6 Å². The fraction of sp³-hybridized carbons (Fsp3) is 0.593. The third-order valence-corrected chi connectivity index (χ3v) is 5.13. The molecule has 0 heterocycles. The lowest BCUT2D eigenvalue weighted by Crippen LogP contribution is -2.43. The van der Waals surface area contributed by atoms with E-state index in [4.69, 9.17) is 19.3 Å². The number of carboxylic acid groups (broad SMARTS) is 1. The van der Waals surface area contributed by atoms with E-state index in [0.29, 0.717) is 6.42 Å². The van der Waals surface area contributed by atoms with Crippen molar-refractivity contribution in [2.45, 2.75) is 78.6 Å². The molecule has 11 heteroatoms. The van der Waals surface area contributed by atoms with Crippen molar-refractivity contribution in [1.29, 1.82) is 0 Å². The number of esters is 2. The quantitative estimate of drug-likeness (QED) is 0.254. The van der Waals surface area contributed by atoms with Gasteiger partial charge in [-0.05, 0) is 39.7 Å². The van der Waals surface area contributed by atoms with Crippen LogP contribution >= 0.6 is 0 Å². The van der Waals surface area contributed by atoms with Gasteiger partial charge in [0.2, 0.25) is 5.91 Å². The van der Waals surface area contributed by atoms with E-state index >= 15 is 0 Å². The molecule has 212 valence electrons. The van der Waals surface area contributed by atoms with Crippen molar-refractivity contribution < 1.29 is 43.3 Å². The van der Waals surface area contributed by atoms with Crippen LogP contribution in [0.4, 0.5) is 4.79 Å². The number of carbonyl (C=O) groups is 5. The maximum Gasteiger partial charge on any atom is 0.410 e. The summed E-state index contributed by atoms with van der Waals surface area (Å²) >= 11 is 0. The molecule has 11 nitrogen and oxygen atoms in total. The average Bonchev–Trinajstić information content (AvgIpc) is 2.83. The van der Waals surface area contributed by atoms with Crippen LogP contribution in [0.1, 0.15) is 65.9 Å². The second-order valence-corrected chi connectivity index (χ2v) is 10.0. The lowest BCUT2D eigenvalue weighted by molar-refractivity contribution is -0.159. The van der Waals surface area contributed by atoms with Crippen molar-refractivity contribution in [3.05, 3.63) is 35.9 Å². The number of hydrogen-bond donors (Lipinski definition) is 2. The molecule has 0 aromatic heterocycles. The Morgan fingerprint density at radius 2 is 1.66 bits per heavy atom. The van der Waals surface area contributed by atoms with Gasteiger partial charge in [0.1, 0.15) is 18.3 Å². The first-order chi connectivity index (χ1) is 17.8. The second-order valence-electron chi connectivity index (χ2n) is 10.0. The number of nitrogens with zero attached hydrogens (tertiary/aromatic N) is 1. The minimum atomic E-state index is -1.11. The smallest absolute Gasteiger partial charge is 0.410 e. The highest BCUT2D eigenvalue weighted by molar-refractivity contribution is 5.78. The summed E-state index contributed by atoms with van der Waals surface area (Å²) in [6.07, 6.45) is -1.60. The van der Waals surface area contributed by atoms with Crippen LogP contribution in [-0.4, -0.2) is 71.3 Å². The molecule has 0 radical (unpaired) electrons. The highest BCUT2D eigenvalue weighted by Gasteiger charge is 2.23. The number of rotatable bonds is 15. The zero-order valence-corrected chi connectivity index (χ0v) is 22.9.